The van der Waals surface area contributed by atoms with Crippen molar-refractivity contribution in [3.63, 3.8) is 0 Å². The quantitative estimate of drug-likeness (QED) is 0.894. The second-order valence-electron chi connectivity index (χ2n) is 5.83. The van der Waals surface area contributed by atoms with Crippen LogP contribution in [0.15, 0.2) is 17.2 Å². The maximum atomic E-state index is 12.7. The van der Waals surface area contributed by atoms with Crippen LogP contribution >= 0.6 is 0 Å². The van der Waals surface area contributed by atoms with Gasteiger partial charge in [-0.05, 0) is 24.4 Å². The molecule has 0 bridgehead atoms. The number of hydrogen-bond donors (Lipinski definition) is 1. The normalized spacial score (nSPS) is 24.4. The minimum atomic E-state index is -3.35. The Morgan fingerprint density at radius 1 is 1.30 bits per heavy atom. The molecule has 2 heterocycles. The van der Waals surface area contributed by atoms with Crippen molar-refractivity contribution in [2.75, 3.05) is 19.6 Å². The molecule has 0 saturated carbocycles. The minimum absolute atomic E-state index is 0.411. The van der Waals surface area contributed by atoms with Gasteiger partial charge in [0.15, 0.2) is 0 Å². The fourth-order valence-corrected chi connectivity index (χ4v) is 4.31. The van der Waals surface area contributed by atoms with Gasteiger partial charge in [0, 0.05) is 38.6 Å². The van der Waals surface area contributed by atoms with E-state index >= 15 is 0 Å². The van der Waals surface area contributed by atoms with Crippen molar-refractivity contribution >= 4 is 10.0 Å². The Balaban J connectivity index is 2.22. The molecule has 114 valence electrons. The van der Waals surface area contributed by atoms with Crippen LogP contribution in [0, 0.1) is 11.8 Å². The van der Waals surface area contributed by atoms with E-state index in [2.05, 4.69) is 19.2 Å². The molecule has 1 aromatic rings. The molecule has 0 aromatic carbocycles. The fraction of sp³-hybridized carbons (Fsp3) is 0.714. The summed E-state index contributed by atoms with van der Waals surface area (Å²) in [5, 5.41) is 3.22. The van der Waals surface area contributed by atoms with E-state index in [0.717, 1.165) is 12.2 Å². The SMILES string of the molecule is CCNCc1cc(S(=O)(=O)N2CC(C)C(C)C2)cn1C. The van der Waals surface area contributed by atoms with Crippen LogP contribution in [0.4, 0.5) is 0 Å². The first-order chi connectivity index (χ1) is 9.36. The Kier molecular flexibility index (Phi) is 4.56. The lowest BCUT2D eigenvalue weighted by Gasteiger charge is -2.14. The van der Waals surface area contributed by atoms with Crippen molar-refractivity contribution in [2.24, 2.45) is 18.9 Å². The van der Waals surface area contributed by atoms with Crippen molar-refractivity contribution in [1.29, 1.82) is 0 Å². The lowest BCUT2D eigenvalue weighted by Crippen LogP contribution is -2.28. The molecule has 5 nitrogen and oxygen atoms in total. The molecule has 1 aliphatic heterocycles. The Morgan fingerprint density at radius 2 is 1.90 bits per heavy atom. The first-order valence-electron chi connectivity index (χ1n) is 7.22. The van der Waals surface area contributed by atoms with E-state index in [0.29, 0.717) is 36.4 Å². The molecular formula is C14H25N3O2S. The number of aryl methyl sites for hydroxylation is 1. The second kappa shape index (κ2) is 5.87. The Labute approximate surface area is 122 Å². The average molecular weight is 299 g/mol. The molecule has 1 fully saturated rings. The number of nitrogens with zero attached hydrogens (tertiary/aromatic N) is 2. The van der Waals surface area contributed by atoms with Crippen molar-refractivity contribution < 1.29 is 8.42 Å². The number of rotatable bonds is 5. The smallest absolute Gasteiger partial charge is 0.244 e. The number of nitrogens with one attached hydrogen (secondary N) is 1. The van der Waals surface area contributed by atoms with Crippen molar-refractivity contribution in [2.45, 2.75) is 32.2 Å². The molecule has 2 rings (SSSR count). The van der Waals surface area contributed by atoms with Crippen LogP contribution in [-0.4, -0.2) is 36.9 Å². The van der Waals surface area contributed by atoms with Crippen LogP contribution in [-0.2, 0) is 23.6 Å². The summed E-state index contributed by atoms with van der Waals surface area (Å²) in [5.74, 6) is 0.851. The molecule has 1 aromatic heterocycles. The van der Waals surface area contributed by atoms with Crippen LogP contribution in [0.1, 0.15) is 26.5 Å². The summed E-state index contributed by atoms with van der Waals surface area (Å²) in [6.45, 7) is 9.07. The van der Waals surface area contributed by atoms with Gasteiger partial charge in [0.1, 0.15) is 4.90 Å². The van der Waals surface area contributed by atoms with E-state index in [1.807, 2.05) is 18.5 Å². The van der Waals surface area contributed by atoms with Crippen molar-refractivity contribution in [3.8, 4) is 0 Å². The third-order valence-corrected chi connectivity index (χ3v) is 6.03. The molecule has 0 spiro atoms. The van der Waals surface area contributed by atoms with Crippen LogP contribution < -0.4 is 5.32 Å². The van der Waals surface area contributed by atoms with Gasteiger partial charge in [0.2, 0.25) is 10.0 Å². The highest BCUT2D eigenvalue weighted by Crippen LogP contribution is 2.28. The topological polar surface area (TPSA) is 54.3 Å². The summed E-state index contributed by atoms with van der Waals surface area (Å²) < 4.78 is 28.8. The zero-order valence-corrected chi connectivity index (χ0v) is 13.6. The van der Waals surface area contributed by atoms with Gasteiger partial charge >= 0.3 is 0 Å². The highest BCUT2D eigenvalue weighted by molar-refractivity contribution is 7.89. The predicted molar refractivity (Wildman–Crippen MR) is 79.9 cm³/mol. The highest BCUT2D eigenvalue weighted by atomic mass is 32.2. The molecule has 1 saturated heterocycles. The molecular weight excluding hydrogens is 274 g/mol. The van der Waals surface area contributed by atoms with Crippen molar-refractivity contribution in [1.82, 2.24) is 14.2 Å². The molecule has 1 aliphatic rings. The van der Waals surface area contributed by atoms with Gasteiger partial charge in [-0.3, -0.25) is 0 Å². The number of aromatic nitrogens is 1. The maximum Gasteiger partial charge on any atom is 0.244 e. The first kappa shape index (κ1) is 15.5. The summed E-state index contributed by atoms with van der Waals surface area (Å²) in [4.78, 5) is 0.411. The standard InChI is InChI=1S/C14H25N3O2S/c1-5-15-7-13-6-14(10-16(13)4)20(18,19)17-8-11(2)12(3)9-17/h6,10-12,15H,5,7-9H2,1-4H3. The van der Waals surface area contributed by atoms with Crippen molar-refractivity contribution in [3.05, 3.63) is 18.0 Å². The van der Waals surface area contributed by atoms with Gasteiger partial charge in [0.05, 0.1) is 0 Å². The largest absolute Gasteiger partial charge is 0.352 e. The first-order valence-corrected chi connectivity index (χ1v) is 8.66. The molecule has 0 radical (unpaired) electrons. The summed E-state index contributed by atoms with van der Waals surface area (Å²) in [6.07, 6.45) is 1.72. The number of hydrogen-bond acceptors (Lipinski definition) is 3. The minimum Gasteiger partial charge on any atom is -0.352 e. The maximum absolute atomic E-state index is 12.7. The highest BCUT2D eigenvalue weighted by Gasteiger charge is 2.35. The molecule has 2 unspecified atom stereocenters. The molecule has 1 N–H and O–H groups in total. The van der Waals surface area contributed by atoms with Gasteiger partial charge in [0.25, 0.3) is 0 Å². The Hall–Kier alpha value is -0.850. The summed E-state index contributed by atoms with van der Waals surface area (Å²) >= 11 is 0. The van der Waals surface area contributed by atoms with E-state index in [9.17, 15) is 8.42 Å². The monoisotopic (exact) mass is 299 g/mol. The van der Waals surface area contributed by atoms with Gasteiger partial charge in [-0.2, -0.15) is 4.31 Å². The average Bonchev–Trinajstić information content (AvgIpc) is 2.92. The van der Waals surface area contributed by atoms with Gasteiger partial charge < -0.3 is 9.88 Å². The van der Waals surface area contributed by atoms with Crippen LogP contribution in [0.2, 0.25) is 0 Å². The third kappa shape index (κ3) is 2.92. The zero-order valence-electron chi connectivity index (χ0n) is 12.8. The van der Waals surface area contributed by atoms with E-state index in [1.165, 1.54) is 0 Å². The summed E-state index contributed by atoms with van der Waals surface area (Å²) in [7, 11) is -1.46. The lowest BCUT2D eigenvalue weighted by atomic mass is 10.0. The van der Waals surface area contributed by atoms with Gasteiger partial charge in [-0.25, -0.2) is 8.42 Å². The Bertz CT molecular complexity index is 555. The van der Waals surface area contributed by atoms with E-state index in [-0.39, 0.29) is 0 Å². The fourth-order valence-electron chi connectivity index (χ4n) is 2.57. The summed E-state index contributed by atoms with van der Waals surface area (Å²) in [6, 6.07) is 1.78. The second-order valence-corrected chi connectivity index (χ2v) is 7.77. The molecule has 2 atom stereocenters. The predicted octanol–water partition coefficient (Wildman–Crippen LogP) is 1.41. The van der Waals surface area contributed by atoms with E-state index in [4.69, 9.17) is 0 Å². The Morgan fingerprint density at radius 3 is 2.45 bits per heavy atom. The number of sulfonamides is 1. The molecule has 6 heteroatoms. The lowest BCUT2D eigenvalue weighted by molar-refractivity contribution is 0.463. The zero-order chi connectivity index (χ0) is 14.9. The van der Waals surface area contributed by atoms with E-state index in [1.54, 1.807) is 16.6 Å². The third-order valence-electron chi connectivity index (χ3n) is 4.23. The van der Waals surface area contributed by atoms with Crippen LogP contribution in [0.3, 0.4) is 0 Å². The van der Waals surface area contributed by atoms with E-state index < -0.39 is 10.0 Å². The summed E-state index contributed by atoms with van der Waals surface area (Å²) in [5.41, 5.74) is 0.991. The van der Waals surface area contributed by atoms with Crippen LogP contribution in [0.5, 0.6) is 0 Å². The van der Waals surface area contributed by atoms with Gasteiger partial charge in [-0.15, -0.1) is 0 Å². The van der Waals surface area contributed by atoms with Crippen LogP contribution in [0.25, 0.3) is 0 Å². The van der Waals surface area contributed by atoms with Gasteiger partial charge in [-0.1, -0.05) is 20.8 Å². The molecule has 0 aliphatic carbocycles. The molecule has 0 amide bonds. The molecule has 20 heavy (non-hydrogen) atoms.